The first-order valence-electron chi connectivity index (χ1n) is 7.20. The van der Waals surface area contributed by atoms with Gasteiger partial charge in [0, 0.05) is 26.7 Å². The molecule has 1 aromatic carbocycles. The average molecular weight is 259 g/mol. The first-order valence-corrected chi connectivity index (χ1v) is 7.20. The molecule has 104 valence electrons. The standard InChI is InChI=1S/C16H25N3/c1-13-6-4-8-15(10-13)11-18-16(17-3)19-9-5-7-14(2)12-19/h4,6,8,10,14H,5,7,9,11-12H2,1-3H3,(H,17,18). The van der Waals surface area contributed by atoms with Crippen LogP contribution in [0.1, 0.15) is 30.9 Å². The van der Waals surface area contributed by atoms with Gasteiger partial charge in [-0.05, 0) is 31.2 Å². The van der Waals surface area contributed by atoms with Gasteiger partial charge in [-0.15, -0.1) is 0 Å². The SMILES string of the molecule is CN=C(NCc1cccc(C)c1)N1CCCC(C)C1. The number of guanidine groups is 1. The predicted octanol–water partition coefficient (Wildman–Crippen LogP) is 2.80. The maximum absolute atomic E-state index is 4.42. The number of aryl methyl sites for hydroxylation is 1. The van der Waals surface area contributed by atoms with Crippen LogP contribution >= 0.6 is 0 Å². The van der Waals surface area contributed by atoms with Crippen molar-refractivity contribution in [1.29, 1.82) is 0 Å². The summed E-state index contributed by atoms with van der Waals surface area (Å²) in [6.45, 7) is 7.54. The van der Waals surface area contributed by atoms with Crippen LogP contribution in [0, 0.1) is 12.8 Å². The van der Waals surface area contributed by atoms with E-state index in [2.05, 4.69) is 53.3 Å². The second-order valence-electron chi connectivity index (χ2n) is 5.58. The van der Waals surface area contributed by atoms with E-state index in [-0.39, 0.29) is 0 Å². The van der Waals surface area contributed by atoms with E-state index in [1.54, 1.807) is 0 Å². The van der Waals surface area contributed by atoms with Crippen LogP contribution in [0.4, 0.5) is 0 Å². The smallest absolute Gasteiger partial charge is 0.193 e. The number of piperidine rings is 1. The molecule has 3 nitrogen and oxygen atoms in total. The largest absolute Gasteiger partial charge is 0.352 e. The molecule has 0 spiro atoms. The number of nitrogens with one attached hydrogen (secondary N) is 1. The number of hydrogen-bond donors (Lipinski definition) is 1. The number of nitrogens with zero attached hydrogens (tertiary/aromatic N) is 2. The van der Waals surface area contributed by atoms with Crippen molar-refractivity contribution < 1.29 is 0 Å². The van der Waals surface area contributed by atoms with E-state index in [0.717, 1.165) is 31.5 Å². The lowest BCUT2D eigenvalue weighted by molar-refractivity contribution is 0.266. The zero-order valence-electron chi connectivity index (χ0n) is 12.3. The molecule has 0 bridgehead atoms. The quantitative estimate of drug-likeness (QED) is 0.653. The summed E-state index contributed by atoms with van der Waals surface area (Å²) in [5.41, 5.74) is 2.62. The van der Waals surface area contributed by atoms with Crippen LogP contribution in [0.15, 0.2) is 29.3 Å². The van der Waals surface area contributed by atoms with Crippen LogP contribution < -0.4 is 5.32 Å². The van der Waals surface area contributed by atoms with Gasteiger partial charge in [0.25, 0.3) is 0 Å². The van der Waals surface area contributed by atoms with Gasteiger partial charge in [-0.1, -0.05) is 36.8 Å². The lowest BCUT2D eigenvalue weighted by Gasteiger charge is -2.33. The summed E-state index contributed by atoms with van der Waals surface area (Å²) in [6.07, 6.45) is 2.61. The summed E-state index contributed by atoms with van der Waals surface area (Å²) >= 11 is 0. The van der Waals surface area contributed by atoms with Crippen LogP contribution in [0.25, 0.3) is 0 Å². The Hall–Kier alpha value is -1.51. The third-order valence-corrected chi connectivity index (χ3v) is 3.70. The third-order valence-electron chi connectivity index (χ3n) is 3.70. The van der Waals surface area contributed by atoms with E-state index in [9.17, 15) is 0 Å². The molecular formula is C16H25N3. The molecule has 0 aromatic heterocycles. The lowest BCUT2D eigenvalue weighted by atomic mass is 10.0. The molecule has 1 heterocycles. The molecule has 2 rings (SSSR count). The van der Waals surface area contributed by atoms with Gasteiger partial charge in [-0.25, -0.2) is 0 Å². The molecule has 0 amide bonds. The van der Waals surface area contributed by atoms with E-state index in [1.165, 1.54) is 24.0 Å². The van der Waals surface area contributed by atoms with Crippen LogP contribution in [-0.2, 0) is 6.54 Å². The van der Waals surface area contributed by atoms with Gasteiger partial charge in [-0.3, -0.25) is 4.99 Å². The van der Waals surface area contributed by atoms with Crippen LogP contribution in [0.5, 0.6) is 0 Å². The fraction of sp³-hybridized carbons (Fsp3) is 0.562. The van der Waals surface area contributed by atoms with Gasteiger partial charge in [0.15, 0.2) is 5.96 Å². The Morgan fingerprint density at radius 2 is 2.32 bits per heavy atom. The highest BCUT2D eigenvalue weighted by Gasteiger charge is 2.18. The van der Waals surface area contributed by atoms with E-state index in [0.29, 0.717) is 0 Å². The minimum atomic E-state index is 0.770. The minimum Gasteiger partial charge on any atom is -0.352 e. The molecule has 0 radical (unpaired) electrons. The van der Waals surface area contributed by atoms with Crippen LogP contribution in [0.3, 0.4) is 0 Å². The Labute approximate surface area is 116 Å². The molecule has 1 unspecified atom stereocenters. The Morgan fingerprint density at radius 1 is 1.47 bits per heavy atom. The first kappa shape index (κ1) is 13.9. The summed E-state index contributed by atoms with van der Waals surface area (Å²) in [7, 11) is 1.87. The molecular weight excluding hydrogens is 234 g/mol. The van der Waals surface area contributed by atoms with Crippen molar-refractivity contribution in [2.75, 3.05) is 20.1 Å². The maximum Gasteiger partial charge on any atom is 0.193 e. The number of benzene rings is 1. The first-order chi connectivity index (χ1) is 9.19. The molecule has 19 heavy (non-hydrogen) atoms. The Bertz CT molecular complexity index is 439. The molecule has 0 saturated carbocycles. The van der Waals surface area contributed by atoms with Gasteiger partial charge in [-0.2, -0.15) is 0 Å². The molecule has 1 N–H and O–H groups in total. The van der Waals surface area contributed by atoms with E-state index in [1.807, 2.05) is 7.05 Å². The van der Waals surface area contributed by atoms with Crippen molar-refractivity contribution in [1.82, 2.24) is 10.2 Å². The molecule has 1 fully saturated rings. The van der Waals surface area contributed by atoms with Crippen molar-refractivity contribution in [3.63, 3.8) is 0 Å². The Balaban J connectivity index is 1.92. The molecule has 1 atom stereocenters. The minimum absolute atomic E-state index is 0.770. The highest BCUT2D eigenvalue weighted by atomic mass is 15.3. The van der Waals surface area contributed by atoms with Crippen molar-refractivity contribution in [2.24, 2.45) is 10.9 Å². The topological polar surface area (TPSA) is 27.6 Å². The van der Waals surface area contributed by atoms with E-state index < -0.39 is 0 Å². The lowest BCUT2D eigenvalue weighted by Crippen LogP contribution is -2.45. The summed E-state index contributed by atoms with van der Waals surface area (Å²) in [5.74, 6) is 1.80. The summed E-state index contributed by atoms with van der Waals surface area (Å²) in [6, 6.07) is 8.62. The zero-order chi connectivity index (χ0) is 13.7. The van der Waals surface area contributed by atoms with Crippen molar-refractivity contribution in [2.45, 2.75) is 33.2 Å². The third kappa shape index (κ3) is 3.98. The molecule has 1 aliphatic heterocycles. The van der Waals surface area contributed by atoms with Crippen molar-refractivity contribution in [3.8, 4) is 0 Å². The zero-order valence-corrected chi connectivity index (χ0v) is 12.3. The normalized spacial score (nSPS) is 20.5. The molecule has 3 heteroatoms. The summed E-state index contributed by atoms with van der Waals surface area (Å²) < 4.78 is 0. The molecule has 1 aromatic rings. The number of aliphatic imine (C=N–C) groups is 1. The van der Waals surface area contributed by atoms with Gasteiger partial charge >= 0.3 is 0 Å². The summed E-state index contributed by atoms with van der Waals surface area (Å²) in [4.78, 5) is 6.79. The fourth-order valence-corrected chi connectivity index (χ4v) is 2.72. The van der Waals surface area contributed by atoms with Crippen molar-refractivity contribution in [3.05, 3.63) is 35.4 Å². The van der Waals surface area contributed by atoms with Crippen LogP contribution in [0.2, 0.25) is 0 Å². The Morgan fingerprint density at radius 3 is 3.00 bits per heavy atom. The Kier molecular flexibility index (Phi) is 4.83. The average Bonchev–Trinajstić information content (AvgIpc) is 2.40. The van der Waals surface area contributed by atoms with E-state index >= 15 is 0 Å². The van der Waals surface area contributed by atoms with Crippen LogP contribution in [-0.4, -0.2) is 31.0 Å². The fourth-order valence-electron chi connectivity index (χ4n) is 2.72. The number of likely N-dealkylation sites (tertiary alicyclic amines) is 1. The number of hydrogen-bond acceptors (Lipinski definition) is 1. The van der Waals surface area contributed by atoms with Gasteiger partial charge < -0.3 is 10.2 Å². The van der Waals surface area contributed by atoms with Gasteiger partial charge in [0.2, 0.25) is 0 Å². The van der Waals surface area contributed by atoms with Gasteiger partial charge in [0.05, 0.1) is 0 Å². The second kappa shape index (κ2) is 6.60. The maximum atomic E-state index is 4.42. The van der Waals surface area contributed by atoms with Gasteiger partial charge in [0.1, 0.15) is 0 Å². The molecule has 1 saturated heterocycles. The monoisotopic (exact) mass is 259 g/mol. The number of rotatable bonds is 2. The highest BCUT2D eigenvalue weighted by Crippen LogP contribution is 2.15. The predicted molar refractivity (Wildman–Crippen MR) is 81.3 cm³/mol. The van der Waals surface area contributed by atoms with Crippen molar-refractivity contribution >= 4 is 5.96 Å². The molecule has 1 aliphatic rings. The summed E-state index contributed by atoms with van der Waals surface area (Å²) in [5, 5.41) is 3.48. The highest BCUT2D eigenvalue weighted by molar-refractivity contribution is 5.79. The van der Waals surface area contributed by atoms with E-state index in [4.69, 9.17) is 0 Å². The molecule has 0 aliphatic carbocycles. The second-order valence-corrected chi connectivity index (χ2v) is 5.58.